The van der Waals surface area contributed by atoms with E-state index in [2.05, 4.69) is 39.0 Å². The fraction of sp³-hybridized carbons (Fsp3) is 0.750. The van der Waals surface area contributed by atoms with Gasteiger partial charge in [-0.1, -0.05) is 13.8 Å². The molecule has 0 radical (unpaired) electrons. The van der Waals surface area contributed by atoms with E-state index < -0.39 is 0 Å². The minimum atomic E-state index is 0.202. The second-order valence-corrected chi connectivity index (χ2v) is 5.72. The van der Waals surface area contributed by atoms with Gasteiger partial charge in [0.1, 0.15) is 0 Å². The average molecular weight is 287 g/mol. The molecule has 1 rings (SSSR count). The molecule has 0 aliphatic heterocycles. The van der Waals surface area contributed by atoms with Crippen molar-refractivity contribution in [1.29, 1.82) is 0 Å². The lowest BCUT2D eigenvalue weighted by atomic mass is 10.0. The van der Waals surface area contributed by atoms with Crippen molar-refractivity contribution in [3.63, 3.8) is 0 Å². The van der Waals surface area contributed by atoms with Crippen LogP contribution in [0.15, 0.2) is 0 Å². The van der Waals surface area contributed by atoms with Gasteiger partial charge in [-0.3, -0.25) is 0 Å². The van der Waals surface area contributed by atoms with E-state index in [1.165, 1.54) is 0 Å². The van der Waals surface area contributed by atoms with Crippen LogP contribution in [0.5, 0.6) is 0 Å². The highest BCUT2D eigenvalue weighted by Crippen LogP contribution is 2.14. The summed E-state index contributed by atoms with van der Waals surface area (Å²) >= 11 is 5.92. The number of anilines is 2. The fourth-order valence-corrected chi connectivity index (χ4v) is 1.74. The van der Waals surface area contributed by atoms with E-state index in [0.717, 1.165) is 6.54 Å². The monoisotopic (exact) mass is 286 g/mol. The van der Waals surface area contributed by atoms with Crippen LogP contribution in [0, 0.1) is 5.92 Å². The summed E-state index contributed by atoms with van der Waals surface area (Å²) in [6.07, 6.45) is 0. The molecule has 0 bridgehead atoms. The van der Waals surface area contributed by atoms with Gasteiger partial charge in [0, 0.05) is 26.7 Å². The number of nitrogens with zero attached hydrogens (tertiary/aromatic N) is 5. The molecule has 1 aromatic heterocycles. The van der Waals surface area contributed by atoms with Crippen LogP contribution in [0.25, 0.3) is 0 Å². The van der Waals surface area contributed by atoms with E-state index >= 15 is 0 Å². The molecule has 19 heavy (non-hydrogen) atoms. The van der Waals surface area contributed by atoms with Gasteiger partial charge in [-0.05, 0) is 31.6 Å². The van der Waals surface area contributed by atoms with Gasteiger partial charge in [0.05, 0.1) is 0 Å². The van der Waals surface area contributed by atoms with E-state index in [1.54, 1.807) is 4.90 Å². The smallest absolute Gasteiger partial charge is 0.230 e. The van der Waals surface area contributed by atoms with Crippen molar-refractivity contribution < 1.29 is 0 Å². The zero-order valence-electron chi connectivity index (χ0n) is 12.5. The van der Waals surface area contributed by atoms with Gasteiger partial charge in [-0.15, -0.1) is 0 Å². The van der Waals surface area contributed by atoms with Gasteiger partial charge in [0.25, 0.3) is 0 Å². The maximum atomic E-state index is 5.92. The average Bonchev–Trinajstić information content (AvgIpc) is 2.26. The maximum Gasteiger partial charge on any atom is 0.230 e. The molecule has 1 aromatic rings. The van der Waals surface area contributed by atoms with Crippen LogP contribution in [-0.2, 0) is 0 Å². The molecule has 0 amide bonds. The summed E-state index contributed by atoms with van der Waals surface area (Å²) in [7, 11) is 7.83. The molecule has 1 heterocycles. The summed E-state index contributed by atoms with van der Waals surface area (Å²) in [5, 5.41) is 3.53. The van der Waals surface area contributed by atoms with Gasteiger partial charge in [-0.2, -0.15) is 15.0 Å². The van der Waals surface area contributed by atoms with Crippen LogP contribution in [0.3, 0.4) is 0 Å². The number of halogens is 1. The second-order valence-electron chi connectivity index (χ2n) is 5.38. The van der Waals surface area contributed by atoms with Gasteiger partial charge < -0.3 is 15.1 Å². The third-order valence-corrected chi connectivity index (χ3v) is 2.85. The van der Waals surface area contributed by atoms with Crippen molar-refractivity contribution in [2.24, 2.45) is 5.92 Å². The Bertz CT molecular complexity index is 407. The molecule has 1 atom stereocenters. The molecule has 0 aliphatic rings. The molecule has 0 aliphatic carbocycles. The molecule has 6 nitrogen and oxygen atoms in total. The van der Waals surface area contributed by atoms with Crippen molar-refractivity contribution in [2.75, 3.05) is 45.0 Å². The summed E-state index contributed by atoms with van der Waals surface area (Å²) in [4.78, 5) is 16.5. The molecule has 0 spiro atoms. The Morgan fingerprint density at radius 1 is 1.11 bits per heavy atom. The minimum absolute atomic E-state index is 0.202. The Morgan fingerprint density at radius 3 is 2.21 bits per heavy atom. The topological polar surface area (TPSA) is 57.2 Å². The van der Waals surface area contributed by atoms with E-state index in [9.17, 15) is 0 Å². The first-order valence-electron chi connectivity index (χ1n) is 6.29. The summed E-state index contributed by atoms with van der Waals surface area (Å²) in [6.45, 7) is 5.23. The summed E-state index contributed by atoms with van der Waals surface area (Å²) in [6, 6.07) is 0.253. The summed E-state index contributed by atoms with van der Waals surface area (Å²) < 4.78 is 0. The van der Waals surface area contributed by atoms with Crippen molar-refractivity contribution >= 4 is 23.5 Å². The Morgan fingerprint density at radius 2 is 1.74 bits per heavy atom. The van der Waals surface area contributed by atoms with Crippen molar-refractivity contribution in [3.05, 3.63) is 5.28 Å². The number of aromatic nitrogens is 3. The normalized spacial score (nSPS) is 12.9. The highest BCUT2D eigenvalue weighted by atomic mass is 35.5. The Balaban J connectivity index is 2.89. The largest absolute Gasteiger partial charge is 0.350 e. The number of likely N-dealkylation sites (N-methyl/N-ethyl adjacent to an activating group) is 1. The van der Waals surface area contributed by atoms with Crippen LogP contribution in [0.1, 0.15) is 13.8 Å². The van der Waals surface area contributed by atoms with E-state index in [0.29, 0.717) is 17.8 Å². The Labute approximate surface area is 120 Å². The zero-order chi connectivity index (χ0) is 14.6. The lowest BCUT2D eigenvalue weighted by molar-refractivity contribution is 0.343. The number of nitrogens with one attached hydrogen (secondary N) is 1. The Kier molecular flexibility index (Phi) is 5.75. The first-order valence-corrected chi connectivity index (χ1v) is 6.67. The first-order chi connectivity index (χ1) is 8.79. The summed E-state index contributed by atoms with van der Waals surface area (Å²) in [5.41, 5.74) is 0. The lowest BCUT2D eigenvalue weighted by Crippen LogP contribution is -2.37. The molecule has 0 saturated carbocycles. The second kappa shape index (κ2) is 6.86. The maximum absolute atomic E-state index is 5.92. The van der Waals surface area contributed by atoms with Gasteiger partial charge in [0.15, 0.2) is 0 Å². The van der Waals surface area contributed by atoms with Crippen LogP contribution in [0.2, 0.25) is 5.28 Å². The van der Waals surface area contributed by atoms with Crippen LogP contribution in [0.4, 0.5) is 11.9 Å². The summed E-state index contributed by atoms with van der Waals surface area (Å²) in [5.74, 6) is 1.53. The van der Waals surface area contributed by atoms with Gasteiger partial charge in [-0.25, -0.2) is 0 Å². The van der Waals surface area contributed by atoms with E-state index in [1.807, 2.05) is 28.2 Å². The quantitative estimate of drug-likeness (QED) is 0.857. The molecule has 0 aromatic carbocycles. The highest BCUT2D eigenvalue weighted by Gasteiger charge is 2.16. The molecular weight excluding hydrogens is 264 g/mol. The molecule has 1 N–H and O–H groups in total. The van der Waals surface area contributed by atoms with Crippen LogP contribution in [-0.4, -0.2) is 60.6 Å². The zero-order valence-corrected chi connectivity index (χ0v) is 13.2. The fourth-order valence-electron chi connectivity index (χ4n) is 1.59. The Hall–Kier alpha value is -1.14. The number of hydrogen-bond acceptors (Lipinski definition) is 6. The molecule has 108 valence electrons. The third-order valence-electron chi connectivity index (χ3n) is 2.68. The van der Waals surface area contributed by atoms with Gasteiger partial charge >= 0.3 is 0 Å². The van der Waals surface area contributed by atoms with Crippen LogP contribution >= 0.6 is 11.6 Å². The predicted octanol–water partition coefficient (Wildman–Crippen LogP) is 1.59. The minimum Gasteiger partial charge on any atom is -0.350 e. The molecule has 7 heteroatoms. The lowest BCUT2D eigenvalue weighted by Gasteiger charge is -2.25. The molecule has 0 fully saturated rings. The van der Waals surface area contributed by atoms with Crippen molar-refractivity contribution in [1.82, 2.24) is 19.9 Å². The van der Waals surface area contributed by atoms with Crippen LogP contribution < -0.4 is 10.2 Å². The predicted molar refractivity (Wildman–Crippen MR) is 80.0 cm³/mol. The number of rotatable bonds is 6. The number of hydrogen-bond donors (Lipinski definition) is 1. The van der Waals surface area contributed by atoms with E-state index in [4.69, 9.17) is 11.6 Å². The molecular formula is C12H23ClN6. The highest BCUT2D eigenvalue weighted by molar-refractivity contribution is 6.28. The third kappa shape index (κ3) is 5.16. The SMILES string of the molecule is CC(C)C(CN(C)C)Nc1nc(Cl)nc(N(C)C)n1. The first kappa shape index (κ1) is 15.9. The van der Waals surface area contributed by atoms with Crippen molar-refractivity contribution in [2.45, 2.75) is 19.9 Å². The standard InChI is InChI=1S/C12H23ClN6/c1-8(2)9(7-18(3)4)14-11-15-10(13)16-12(17-11)19(5)6/h8-9H,7H2,1-6H3,(H,14,15,16,17). The van der Waals surface area contributed by atoms with E-state index in [-0.39, 0.29) is 11.3 Å². The van der Waals surface area contributed by atoms with Crippen molar-refractivity contribution in [3.8, 4) is 0 Å². The molecule has 0 saturated heterocycles. The molecule has 1 unspecified atom stereocenters. The van der Waals surface area contributed by atoms with Gasteiger partial charge in [0.2, 0.25) is 17.2 Å².